The summed E-state index contributed by atoms with van der Waals surface area (Å²) in [4.78, 5) is 16.6. The molecule has 0 bridgehead atoms. The molecular formula is C30H38Cl2N2O2S. The van der Waals surface area contributed by atoms with E-state index in [-0.39, 0.29) is 6.61 Å². The smallest absolute Gasteiger partial charge is 0.213 e. The molecule has 0 aromatic heterocycles. The number of rotatable bonds is 11. The van der Waals surface area contributed by atoms with Crippen molar-refractivity contribution in [2.75, 3.05) is 27.2 Å². The Morgan fingerprint density at radius 2 is 1.76 bits per heavy atom. The lowest BCUT2D eigenvalue weighted by Gasteiger charge is -2.29. The number of carbonyl (C=O) groups is 1. The highest BCUT2D eigenvalue weighted by Crippen LogP contribution is 2.36. The number of halogens is 2. The lowest BCUT2D eigenvalue weighted by atomic mass is 10.0. The maximum Gasteiger partial charge on any atom is 0.213 e. The van der Waals surface area contributed by atoms with Gasteiger partial charge in [0.1, 0.15) is 0 Å². The van der Waals surface area contributed by atoms with Crippen LogP contribution < -0.4 is 0 Å². The fourth-order valence-corrected chi connectivity index (χ4v) is 5.58. The molecule has 0 heterocycles. The molecule has 0 atom stereocenters. The maximum atomic E-state index is 11.9. The standard InChI is InChI=1S/C28H32Cl2N2O2S.C2H6/c1-31(18-22-11-7-4-3-5-8-12-22)28(35-26-16-24(29)15-25(30)17-26)27(32(2)21-33)20-34-19-23-13-9-6-10-14-23;1-2/h3-4,6,9-11,13-17,21H,5,7-8,12,18-20H2,1-2H3;1-2H3/b4-3-,22-11+,28-27+;. The van der Waals surface area contributed by atoms with Crippen molar-refractivity contribution in [3.63, 3.8) is 0 Å². The zero-order valence-corrected chi connectivity index (χ0v) is 24.6. The van der Waals surface area contributed by atoms with Crippen molar-refractivity contribution in [2.24, 2.45) is 0 Å². The Morgan fingerprint density at radius 1 is 1.05 bits per heavy atom. The van der Waals surface area contributed by atoms with Crippen LogP contribution in [0.2, 0.25) is 10.0 Å². The van der Waals surface area contributed by atoms with Crippen LogP contribution >= 0.6 is 35.0 Å². The van der Waals surface area contributed by atoms with E-state index < -0.39 is 0 Å². The van der Waals surface area contributed by atoms with Crippen molar-refractivity contribution < 1.29 is 9.53 Å². The van der Waals surface area contributed by atoms with Crippen molar-refractivity contribution in [3.8, 4) is 0 Å². The number of allylic oxidation sites excluding steroid dienone is 3. The number of hydrogen-bond acceptors (Lipinski definition) is 4. The van der Waals surface area contributed by atoms with Gasteiger partial charge >= 0.3 is 0 Å². The summed E-state index contributed by atoms with van der Waals surface area (Å²) in [6, 6.07) is 15.5. The molecule has 2 aromatic rings. The molecule has 0 unspecified atom stereocenters. The molecule has 1 aliphatic rings. The van der Waals surface area contributed by atoms with E-state index in [2.05, 4.69) is 30.2 Å². The molecule has 2 aromatic carbocycles. The number of amides is 1. The van der Waals surface area contributed by atoms with Gasteiger partial charge in [0.25, 0.3) is 0 Å². The fourth-order valence-electron chi connectivity index (χ4n) is 3.79. The molecule has 1 amide bonds. The van der Waals surface area contributed by atoms with Gasteiger partial charge in [0, 0.05) is 35.6 Å². The average molecular weight is 562 g/mol. The molecule has 0 spiro atoms. The quantitative estimate of drug-likeness (QED) is 0.156. The van der Waals surface area contributed by atoms with Gasteiger partial charge in [-0.3, -0.25) is 4.79 Å². The van der Waals surface area contributed by atoms with Crippen LogP contribution in [0.5, 0.6) is 0 Å². The Labute approximate surface area is 237 Å². The van der Waals surface area contributed by atoms with Crippen molar-refractivity contribution in [1.82, 2.24) is 9.80 Å². The Balaban J connectivity index is 0.00000235. The van der Waals surface area contributed by atoms with E-state index in [4.69, 9.17) is 27.9 Å². The molecule has 3 rings (SSSR count). The minimum atomic E-state index is 0.285. The molecular weight excluding hydrogens is 523 g/mol. The van der Waals surface area contributed by atoms with Crippen molar-refractivity contribution in [2.45, 2.75) is 51.0 Å². The highest BCUT2D eigenvalue weighted by molar-refractivity contribution is 8.03. The molecule has 0 saturated carbocycles. The van der Waals surface area contributed by atoms with Gasteiger partial charge in [0.15, 0.2) is 0 Å². The van der Waals surface area contributed by atoms with E-state index in [0.29, 0.717) is 16.7 Å². The Hall–Kier alpha value is -2.18. The lowest BCUT2D eigenvalue weighted by Crippen LogP contribution is -2.28. The van der Waals surface area contributed by atoms with Gasteiger partial charge < -0.3 is 14.5 Å². The van der Waals surface area contributed by atoms with Crippen LogP contribution in [0.1, 0.15) is 45.1 Å². The fraction of sp³-hybridized carbons (Fsp3) is 0.367. The molecule has 0 fully saturated rings. The number of hydrogen-bond donors (Lipinski definition) is 0. The summed E-state index contributed by atoms with van der Waals surface area (Å²) in [5.74, 6) is 0. The predicted molar refractivity (Wildman–Crippen MR) is 159 cm³/mol. The lowest BCUT2D eigenvalue weighted by molar-refractivity contribution is -0.116. The number of thioether (sulfide) groups is 1. The Bertz CT molecular complexity index is 1050. The summed E-state index contributed by atoms with van der Waals surface area (Å²) in [6.07, 6.45) is 11.8. The van der Waals surface area contributed by atoms with Gasteiger partial charge in [-0.25, -0.2) is 0 Å². The number of carbonyl (C=O) groups excluding carboxylic acids is 1. The second-order valence-corrected chi connectivity index (χ2v) is 10.4. The number of nitrogens with zero attached hydrogens (tertiary/aromatic N) is 2. The van der Waals surface area contributed by atoms with E-state index >= 15 is 0 Å². The number of likely N-dealkylation sites (N-methyl/N-ethyl adjacent to an activating group) is 2. The number of benzene rings is 2. The van der Waals surface area contributed by atoms with Gasteiger partial charge in [-0.05, 0) is 49.4 Å². The predicted octanol–water partition coefficient (Wildman–Crippen LogP) is 8.57. The van der Waals surface area contributed by atoms with Crippen LogP contribution in [0.15, 0.2) is 88.0 Å². The topological polar surface area (TPSA) is 32.8 Å². The first-order valence-corrected chi connectivity index (χ1v) is 14.2. The van der Waals surface area contributed by atoms with Gasteiger partial charge in [0.2, 0.25) is 6.41 Å². The first kappa shape index (κ1) is 31.0. The van der Waals surface area contributed by atoms with Crippen molar-refractivity contribution >= 4 is 41.4 Å². The molecule has 4 nitrogen and oxygen atoms in total. The van der Waals surface area contributed by atoms with E-state index in [1.807, 2.05) is 56.3 Å². The van der Waals surface area contributed by atoms with E-state index in [0.717, 1.165) is 59.8 Å². The normalized spacial score (nSPS) is 16.1. The summed E-state index contributed by atoms with van der Waals surface area (Å²) >= 11 is 14.1. The molecule has 1 aliphatic carbocycles. The second kappa shape index (κ2) is 17.4. The molecule has 37 heavy (non-hydrogen) atoms. The van der Waals surface area contributed by atoms with E-state index in [1.54, 1.807) is 18.0 Å². The van der Waals surface area contributed by atoms with E-state index in [9.17, 15) is 4.79 Å². The van der Waals surface area contributed by atoms with E-state index in [1.165, 1.54) is 17.3 Å². The highest BCUT2D eigenvalue weighted by atomic mass is 35.5. The zero-order chi connectivity index (χ0) is 27.0. The first-order chi connectivity index (χ1) is 18.0. The molecule has 0 N–H and O–H groups in total. The molecule has 0 aliphatic heterocycles. The third kappa shape index (κ3) is 11.0. The third-order valence-corrected chi connectivity index (χ3v) is 7.25. The maximum absolute atomic E-state index is 11.9. The van der Waals surface area contributed by atoms with Crippen LogP contribution in [0.3, 0.4) is 0 Å². The summed E-state index contributed by atoms with van der Waals surface area (Å²) in [7, 11) is 3.81. The molecule has 0 saturated heterocycles. The van der Waals surface area contributed by atoms with Gasteiger partial charge in [-0.15, -0.1) is 0 Å². The first-order valence-electron chi connectivity index (χ1n) is 12.7. The van der Waals surface area contributed by atoms with Crippen molar-refractivity contribution in [1.29, 1.82) is 0 Å². The highest BCUT2D eigenvalue weighted by Gasteiger charge is 2.19. The van der Waals surface area contributed by atoms with Crippen LogP contribution in [0, 0.1) is 0 Å². The van der Waals surface area contributed by atoms with Crippen LogP contribution in [-0.4, -0.2) is 43.5 Å². The monoisotopic (exact) mass is 560 g/mol. The molecule has 7 heteroatoms. The third-order valence-electron chi connectivity index (χ3n) is 5.60. The van der Waals surface area contributed by atoms with Crippen LogP contribution in [0.4, 0.5) is 0 Å². The summed E-state index contributed by atoms with van der Waals surface area (Å²) in [6.45, 7) is 5.51. The largest absolute Gasteiger partial charge is 0.370 e. The zero-order valence-electron chi connectivity index (χ0n) is 22.3. The summed E-state index contributed by atoms with van der Waals surface area (Å²) < 4.78 is 6.07. The molecule has 0 radical (unpaired) electrons. The van der Waals surface area contributed by atoms with Gasteiger partial charge in [-0.1, -0.05) is 103 Å². The number of ether oxygens (including phenoxy) is 1. The van der Waals surface area contributed by atoms with Gasteiger partial charge in [-0.2, -0.15) is 0 Å². The Kier molecular flexibility index (Phi) is 14.6. The van der Waals surface area contributed by atoms with Crippen LogP contribution in [0.25, 0.3) is 0 Å². The second-order valence-electron chi connectivity index (χ2n) is 8.47. The SMILES string of the molecule is CC.CN(C=O)/C(COCc1ccccc1)=C(/Sc1cc(Cl)cc(Cl)c1)N(C)C/C1=C/C/C=C\CCC1. The van der Waals surface area contributed by atoms with Crippen molar-refractivity contribution in [3.05, 3.63) is 98.7 Å². The molecule has 200 valence electrons. The summed E-state index contributed by atoms with van der Waals surface area (Å²) in [5.41, 5.74) is 3.25. The Morgan fingerprint density at radius 3 is 2.43 bits per heavy atom. The summed E-state index contributed by atoms with van der Waals surface area (Å²) in [5, 5.41) is 2.06. The minimum absolute atomic E-state index is 0.285. The van der Waals surface area contributed by atoms with Crippen LogP contribution in [-0.2, 0) is 16.1 Å². The average Bonchev–Trinajstić information content (AvgIpc) is 2.88. The van der Waals surface area contributed by atoms with Gasteiger partial charge in [0.05, 0.1) is 23.9 Å². The minimum Gasteiger partial charge on any atom is -0.370 e.